The molecule has 68 valence electrons. The van der Waals surface area contributed by atoms with Crippen LogP contribution in [0.3, 0.4) is 0 Å². The van der Waals surface area contributed by atoms with Gasteiger partial charge in [0, 0.05) is 5.57 Å². The van der Waals surface area contributed by atoms with E-state index in [4.69, 9.17) is 4.74 Å². The molecular weight excluding hydrogens is 164 g/mol. The highest BCUT2D eigenvalue weighted by atomic mass is 16.5. The summed E-state index contributed by atoms with van der Waals surface area (Å²) in [7, 11) is 1.59. The van der Waals surface area contributed by atoms with Crippen LogP contribution in [0.25, 0.3) is 0 Å². The Kier molecular flexibility index (Phi) is 2.85. The molecule has 0 aliphatic heterocycles. The summed E-state index contributed by atoms with van der Waals surface area (Å²) in [4.78, 5) is 11.4. The molecule has 0 bridgehead atoms. The van der Waals surface area contributed by atoms with Crippen LogP contribution in [0.5, 0.6) is 0 Å². The van der Waals surface area contributed by atoms with Gasteiger partial charge >= 0.3 is 0 Å². The molecule has 0 amide bonds. The quantitative estimate of drug-likeness (QED) is 0.602. The van der Waals surface area contributed by atoms with Crippen molar-refractivity contribution in [2.75, 3.05) is 7.11 Å². The molecule has 0 saturated heterocycles. The van der Waals surface area contributed by atoms with Gasteiger partial charge in [-0.2, -0.15) is 0 Å². The number of hydrogen-bond acceptors (Lipinski definition) is 2. The summed E-state index contributed by atoms with van der Waals surface area (Å²) < 4.78 is 5.09. The second-order valence-electron chi connectivity index (χ2n) is 2.76. The zero-order valence-electron chi connectivity index (χ0n) is 7.83. The highest BCUT2D eigenvalue weighted by Gasteiger charge is 2.13. The zero-order chi connectivity index (χ0) is 9.84. The molecule has 0 saturated carbocycles. The molecule has 0 radical (unpaired) electrons. The molecule has 0 unspecified atom stereocenters. The smallest absolute Gasteiger partial charge is 0.186 e. The lowest BCUT2D eigenvalue weighted by molar-refractivity contribution is -0.111. The van der Waals surface area contributed by atoms with E-state index in [9.17, 15) is 4.79 Å². The van der Waals surface area contributed by atoms with Crippen LogP contribution < -0.4 is 0 Å². The predicted molar refractivity (Wildman–Crippen MR) is 52.1 cm³/mol. The highest BCUT2D eigenvalue weighted by Crippen LogP contribution is 2.19. The van der Waals surface area contributed by atoms with Gasteiger partial charge in [0.2, 0.25) is 0 Å². The van der Waals surface area contributed by atoms with Crippen LogP contribution in [0.2, 0.25) is 0 Å². The van der Waals surface area contributed by atoms with E-state index in [2.05, 4.69) is 6.58 Å². The molecular formula is C11H12O2. The van der Waals surface area contributed by atoms with Gasteiger partial charge in [-0.3, -0.25) is 4.79 Å². The van der Waals surface area contributed by atoms with Crippen molar-refractivity contribution in [3.05, 3.63) is 47.8 Å². The maximum Gasteiger partial charge on any atom is 0.186 e. The fourth-order valence-electron chi connectivity index (χ4n) is 1.15. The molecule has 2 heteroatoms. The number of ketones is 1. The summed E-state index contributed by atoms with van der Waals surface area (Å²) in [5.41, 5.74) is 1.46. The van der Waals surface area contributed by atoms with Crippen molar-refractivity contribution in [1.29, 1.82) is 0 Å². The number of methoxy groups -OCH3 is 1. The third-order valence-electron chi connectivity index (χ3n) is 1.82. The summed E-state index contributed by atoms with van der Waals surface area (Å²) in [6, 6.07) is 0. The van der Waals surface area contributed by atoms with Crippen LogP contribution in [0.15, 0.2) is 47.8 Å². The standard InChI is InChI=1S/C11H12O2/c1-4-5-9-7-11(13-3)8(2)6-10(9)12/h4-7H,1H2,2-3H3/b9-5+. The number of hydrogen-bond donors (Lipinski definition) is 0. The molecule has 0 aromatic carbocycles. The summed E-state index contributed by atoms with van der Waals surface area (Å²) in [5.74, 6) is 0.728. The van der Waals surface area contributed by atoms with Crippen LogP contribution in [0.1, 0.15) is 6.92 Å². The number of carbonyl (C=O) groups excluding carboxylic acids is 1. The third kappa shape index (κ3) is 1.96. The molecule has 0 N–H and O–H groups in total. The van der Waals surface area contributed by atoms with Crippen LogP contribution in [-0.4, -0.2) is 12.9 Å². The fourth-order valence-corrected chi connectivity index (χ4v) is 1.15. The van der Waals surface area contributed by atoms with E-state index in [1.165, 1.54) is 0 Å². The van der Waals surface area contributed by atoms with E-state index in [0.717, 1.165) is 11.3 Å². The van der Waals surface area contributed by atoms with Crippen molar-refractivity contribution in [2.45, 2.75) is 6.92 Å². The first-order valence-corrected chi connectivity index (χ1v) is 4.00. The van der Waals surface area contributed by atoms with Gasteiger partial charge in [-0.05, 0) is 24.6 Å². The Bertz CT molecular complexity index is 330. The Morgan fingerprint density at radius 1 is 1.46 bits per heavy atom. The number of allylic oxidation sites excluding steroid dienone is 6. The Hall–Kier alpha value is -1.57. The van der Waals surface area contributed by atoms with Gasteiger partial charge in [-0.25, -0.2) is 0 Å². The maximum absolute atomic E-state index is 11.4. The topological polar surface area (TPSA) is 26.3 Å². The van der Waals surface area contributed by atoms with Crippen molar-refractivity contribution in [1.82, 2.24) is 0 Å². The molecule has 0 heterocycles. The van der Waals surface area contributed by atoms with E-state index in [0.29, 0.717) is 5.57 Å². The van der Waals surface area contributed by atoms with Crippen molar-refractivity contribution in [2.24, 2.45) is 0 Å². The van der Waals surface area contributed by atoms with Gasteiger partial charge < -0.3 is 4.74 Å². The average Bonchev–Trinajstić information content (AvgIpc) is 2.10. The Balaban J connectivity index is 3.07. The van der Waals surface area contributed by atoms with Gasteiger partial charge in [-0.1, -0.05) is 18.7 Å². The summed E-state index contributed by atoms with van der Waals surface area (Å²) in [5, 5.41) is 0. The molecule has 2 nitrogen and oxygen atoms in total. The molecule has 0 aromatic rings. The molecule has 1 rings (SSSR count). The van der Waals surface area contributed by atoms with Gasteiger partial charge in [0.25, 0.3) is 0 Å². The number of ether oxygens (including phenoxy) is 1. The van der Waals surface area contributed by atoms with E-state index >= 15 is 0 Å². The van der Waals surface area contributed by atoms with Crippen LogP contribution >= 0.6 is 0 Å². The Labute approximate surface area is 77.9 Å². The Morgan fingerprint density at radius 3 is 2.69 bits per heavy atom. The van der Waals surface area contributed by atoms with E-state index in [1.54, 1.807) is 31.4 Å². The summed E-state index contributed by atoms with van der Waals surface area (Å²) in [6.07, 6.45) is 6.54. The molecule has 1 aliphatic carbocycles. The van der Waals surface area contributed by atoms with E-state index in [-0.39, 0.29) is 5.78 Å². The van der Waals surface area contributed by atoms with Crippen LogP contribution in [0.4, 0.5) is 0 Å². The molecule has 0 aromatic heterocycles. The van der Waals surface area contributed by atoms with Crippen molar-refractivity contribution in [3.8, 4) is 0 Å². The summed E-state index contributed by atoms with van der Waals surface area (Å²) in [6.45, 7) is 5.38. The second-order valence-corrected chi connectivity index (χ2v) is 2.76. The fraction of sp³-hybridized carbons (Fsp3) is 0.182. The number of rotatable bonds is 2. The molecule has 1 aliphatic rings. The zero-order valence-corrected chi connectivity index (χ0v) is 7.83. The van der Waals surface area contributed by atoms with Gasteiger partial charge in [0.05, 0.1) is 7.11 Å². The molecule has 0 atom stereocenters. The van der Waals surface area contributed by atoms with E-state index < -0.39 is 0 Å². The molecule has 0 spiro atoms. The minimum Gasteiger partial charge on any atom is -0.496 e. The lowest BCUT2D eigenvalue weighted by Gasteiger charge is -2.11. The monoisotopic (exact) mass is 176 g/mol. The highest BCUT2D eigenvalue weighted by molar-refractivity contribution is 6.08. The third-order valence-corrected chi connectivity index (χ3v) is 1.82. The van der Waals surface area contributed by atoms with Gasteiger partial charge in [0.15, 0.2) is 5.78 Å². The van der Waals surface area contributed by atoms with Crippen molar-refractivity contribution >= 4 is 5.78 Å². The first kappa shape index (κ1) is 9.52. The lowest BCUT2D eigenvalue weighted by atomic mass is 10.00. The first-order chi connectivity index (χ1) is 6.19. The molecule has 13 heavy (non-hydrogen) atoms. The SMILES string of the molecule is C=C/C=C1\C=C(OC)C(C)=CC1=O. The lowest BCUT2D eigenvalue weighted by Crippen LogP contribution is -2.06. The molecule has 0 fully saturated rings. The van der Waals surface area contributed by atoms with Gasteiger partial charge in [-0.15, -0.1) is 0 Å². The van der Waals surface area contributed by atoms with Gasteiger partial charge in [0.1, 0.15) is 5.76 Å². The minimum atomic E-state index is -0.00167. The van der Waals surface area contributed by atoms with Crippen molar-refractivity contribution < 1.29 is 9.53 Å². The predicted octanol–water partition coefficient (Wildman–Crippen LogP) is 2.16. The number of carbonyl (C=O) groups is 1. The van der Waals surface area contributed by atoms with E-state index in [1.807, 2.05) is 6.92 Å². The van der Waals surface area contributed by atoms with Crippen molar-refractivity contribution in [3.63, 3.8) is 0 Å². The average molecular weight is 176 g/mol. The second kappa shape index (κ2) is 3.90. The summed E-state index contributed by atoms with van der Waals surface area (Å²) >= 11 is 0. The largest absolute Gasteiger partial charge is 0.496 e. The first-order valence-electron chi connectivity index (χ1n) is 4.00. The van der Waals surface area contributed by atoms with Crippen LogP contribution in [-0.2, 0) is 9.53 Å². The maximum atomic E-state index is 11.4. The normalized spacial score (nSPS) is 19.5. The minimum absolute atomic E-state index is 0.00167. The Morgan fingerprint density at radius 2 is 2.15 bits per heavy atom. The van der Waals surface area contributed by atoms with Crippen LogP contribution in [0, 0.1) is 0 Å².